The van der Waals surface area contributed by atoms with Gasteiger partial charge < -0.3 is 9.47 Å². The van der Waals surface area contributed by atoms with Gasteiger partial charge in [0.2, 0.25) is 0 Å². The van der Waals surface area contributed by atoms with Crippen LogP contribution in [0.4, 0.5) is 0 Å². The standard InChI is InChI=1S/C16H28N2O2/c1-5-6-7-8-9-16(4,14-17-12(2)10-19-14)15-18-13(3)11-20-15/h12-13H,5-11H2,1-4H3. The van der Waals surface area contributed by atoms with Crippen LogP contribution in [0.3, 0.4) is 0 Å². The Labute approximate surface area is 122 Å². The van der Waals surface area contributed by atoms with Crippen molar-refractivity contribution in [3.63, 3.8) is 0 Å². The van der Waals surface area contributed by atoms with Gasteiger partial charge in [-0.15, -0.1) is 0 Å². The summed E-state index contributed by atoms with van der Waals surface area (Å²) in [6.45, 7) is 9.95. The van der Waals surface area contributed by atoms with Gasteiger partial charge in [-0.3, -0.25) is 0 Å². The van der Waals surface area contributed by atoms with Gasteiger partial charge >= 0.3 is 0 Å². The molecular formula is C16H28N2O2. The zero-order valence-corrected chi connectivity index (χ0v) is 13.3. The van der Waals surface area contributed by atoms with E-state index in [0.717, 1.165) is 24.6 Å². The number of nitrogens with zero attached hydrogens (tertiary/aromatic N) is 2. The zero-order valence-electron chi connectivity index (χ0n) is 13.3. The van der Waals surface area contributed by atoms with Crippen LogP contribution in [0.15, 0.2) is 9.98 Å². The Bertz CT molecular complexity index is 362. The summed E-state index contributed by atoms with van der Waals surface area (Å²) in [7, 11) is 0. The maximum Gasteiger partial charge on any atom is 0.199 e. The summed E-state index contributed by atoms with van der Waals surface area (Å²) < 4.78 is 11.6. The summed E-state index contributed by atoms with van der Waals surface area (Å²) in [4.78, 5) is 9.33. The molecular weight excluding hydrogens is 252 g/mol. The van der Waals surface area contributed by atoms with Gasteiger partial charge in [0.1, 0.15) is 18.6 Å². The molecule has 0 radical (unpaired) electrons. The molecule has 0 saturated heterocycles. The normalized spacial score (nSPS) is 28.4. The van der Waals surface area contributed by atoms with Crippen molar-refractivity contribution in [1.29, 1.82) is 0 Å². The van der Waals surface area contributed by atoms with E-state index in [4.69, 9.17) is 9.47 Å². The summed E-state index contributed by atoms with van der Waals surface area (Å²) in [6, 6.07) is 0.499. The van der Waals surface area contributed by atoms with Gasteiger partial charge in [-0.2, -0.15) is 0 Å². The third-order valence-corrected chi connectivity index (χ3v) is 4.07. The van der Waals surface area contributed by atoms with E-state index >= 15 is 0 Å². The molecule has 0 aliphatic carbocycles. The van der Waals surface area contributed by atoms with Crippen molar-refractivity contribution in [1.82, 2.24) is 0 Å². The number of aliphatic imine (C=N–C) groups is 2. The second-order valence-corrected chi connectivity index (χ2v) is 6.33. The van der Waals surface area contributed by atoms with Gasteiger partial charge in [0.05, 0.1) is 12.1 Å². The predicted molar refractivity (Wildman–Crippen MR) is 82.6 cm³/mol. The molecule has 0 amide bonds. The SMILES string of the molecule is CCCCCCC(C)(C1=NC(C)CO1)C1=NC(C)CO1. The molecule has 0 bridgehead atoms. The Balaban J connectivity index is 2.11. The molecule has 0 N–H and O–H groups in total. The van der Waals surface area contributed by atoms with Crippen LogP contribution in [0, 0.1) is 5.41 Å². The molecule has 0 aromatic carbocycles. The molecule has 20 heavy (non-hydrogen) atoms. The van der Waals surface area contributed by atoms with E-state index in [0.29, 0.717) is 13.2 Å². The van der Waals surface area contributed by atoms with Crippen molar-refractivity contribution >= 4 is 11.8 Å². The van der Waals surface area contributed by atoms with E-state index in [-0.39, 0.29) is 17.5 Å². The Morgan fingerprint density at radius 2 is 1.55 bits per heavy atom. The zero-order chi connectivity index (χ0) is 14.6. The maximum absolute atomic E-state index is 5.82. The van der Waals surface area contributed by atoms with Crippen molar-refractivity contribution in [2.75, 3.05) is 13.2 Å². The Morgan fingerprint density at radius 3 is 1.95 bits per heavy atom. The van der Waals surface area contributed by atoms with E-state index in [9.17, 15) is 0 Å². The fourth-order valence-electron chi connectivity index (χ4n) is 2.76. The van der Waals surface area contributed by atoms with E-state index in [2.05, 4.69) is 37.7 Å². The summed E-state index contributed by atoms with van der Waals surface area (Å²) in [5, 5.41) is 0. The predicted octanol–water partition coefficient (Wildman–Crippen LogP) is 3.60. The average Bonchev–Trinajstić information content (AvgIpc) is 3.04. The first-order valence-electron chi connectivity index (χ1n) is 7.98. The molecule has 2 aliphatic heterocycles. The van der Waals surface area contributed by atoms with Gasteiger partial charge in [-0.25, -0.2) is 9.98 Å². The molecule has 4 heteroatoms. The minimum atomic E-state index is -0.275. The Hall–Kier alpha value is -1.06. The molecule has 4 nitrogen and oxygen atoms in total. The summed E-state index contributed by atoms with van der Waals surface area (Å²) in [6.07, 6.45) is 5.95. The highest BCUT2D eigenvalue weighted by Gasteiger charge is 2.43. The van der Waals surface area contributed by atoms with Crippen molar-refractivity contribution in [2.24, 2.45) is 15.4 Å². The molecule has 2 atom stereocenters. The fraction of sp³-hybridized carbons (Fsp3) is 0.875. The monoisotopic (exact) mass is 280 g/mol. The topological polar surface area (TPSA) is 43.2 Å². The van der Waals surface area contributed by atoms with Crippen molar-refractivity contribution in [2.45, 2.75) is 71.9 Å². The minimum Gasteiger partial charge on any atom is -0.478 e. The molecule has 0 spiro atoms. The lowest BCUT2D eigenvalue weighted by Gasteiger charge is -2.28. The lowest BCUT2D eigenvalue weighted by atomic mass is 9.83. The van der Waals surface area contributed by atoms with Crippen molar-refractivity contribution < 1.29 is 9.47 Å². The lowest BCUT2D eigenvalue weighted by molar-refractivity contribution is 0.253. The highest BCUT2D eigenvalue weighted by Crippen LogP contribution is 2.34. The van der Waals surface area contributed by atoms with E-state index in [1.807, 2.05) is 0 Å². The molecule has 2 heterocycles. The van der Waals surface area contributed by atoms with Crippen LogP contribution < -0.4 is 0 Å². The van der Waals surface area contributed by atoms with Crippen LogP contribution in [0.5, 0.6) is 0 Å². The number of hydrogen-bond donors (Lipinski definition) is 0. The van der Waals surface area contributed by atoms with E-state index in [1.54, 1.807) is 0 Å². The van der Waals surface area contributed by atoms with Gasteiger partial charge in [0, 0.05) is 0 Å². The van der Waals surface area contributed by atoms with Crippen LogP contribution in [-0.4, -0.2) is 37.1 Å². The van der Waals surface area contributed by atoms with Crippen LogP contribution >= 0.6 is 0 Å². The highest BCUT2D eigenvalue weighted by atomic mass is 16.5. The summed E-state index contributed by atoms with van der Waals surface area (Å²) in [5.74, 6) is 1.66. The molecule has 0 saturated carbocycles. The van der Waals surface area contributed by atoms with Crippen LogP contribution in [0.2, 0.25) is 0 Å². The van der Waals surface area contributed by atoms with Crippen molar-refractivity contribution in [3.8, 4) is 0 Å². The van der Waals surface area contributed by atoms with Gasteiger partial charge in [-0.05, 0) is 27.2 Å². The quantitative estimate of drug-likeness (QED) is 0.669. The number of rotatable bonds is 7. The number of unbranched alkanes of at least 4 members (excludes halogenated alkanes) is 3. The highest BCUT2D eigenvalue weighted by molar-refractivity contribution is 6.05. The first-order valence-corrected chi connectivity index (χ1v) is 7.98. The van der Waals surface area contributed by atoms with Gasteiger partial charge in [0.25, 0.3) is 0 Å². The molecule has 2 aliphatic rings. The lowest BCUT2D eigenvalue weighted by Crippen LogP contribution is -2.37. The Morgan fingerprint density at radius 1 is 1.00 bits per heavy atom. The molecule has 0 aromatic rings. The third-order valence-electron chi connectivity index (χ3n) is 4.07. The molecule has 0 aromatic heterocycles. The third kappa shape index (κ3) is 3.33. The molecule has 0 fully saturated rings. The van der Waals surface area contributed by atoms with Crippen LogP contribution in [-0.2, 0) is 9.47 Å². The number of hydrogen-bond acceptors (Lipinski definition) is 4. The molecule has 2 rings (SSSR count). The van der Waals surface area contributed by atoms with Crippen molar-refractivity contribution in [3.05, 3.63) is 0 Å². The molecule has 114 valence electrons. The van der Waals surface area contributed by atoms with E-state index < -0.39 is 0 Å². The minimum absolute atomic E-state index is 0.249. The summed E-state index contributed by atoms with van der Waals surface area (Å²) in [5.41, 5.74) is -0.275. The van der Waals surface area contributed by atoms with Crippen LogP contribution in [0.25, 0.3) is 0 Å². The van der Waals surface area contributed by atoms with Crippen LogP contribution in [0.1, 0.15) is 59.8 Å². The number of ether oxygens (including phenoxy) is 2. The fourth-order valence-corrected chi connectivity index (χ4v) is 2.76. The second kappa shape index (κ2) is 6.59. The average molecular weight is 280 g/mol. The molecule has 2 unspecified atom stereocenters. The first-order chi connectivity index (χ1) is 9.56. The first kappa shape index (κ1) is 15.3. The largest absolute Gasteiger partial charge is 0.478 e. The smallest absolute Gasteiger partial charge is 0.199 e. The maximum atomic E-state index is 5.82. The summed E-state index contributed by atoms with van der Waals surface area (Å²) >= 11 is 0. The van der Waals surface area contributed by atoms with Gasteiger partial charge in [-0.1, -0.05) is 32.6 Å². The Kier molecular flexibility index (Phi) is 5.06. The second-order valence-electron chi connectivity index (χ2n) is 6.33. The van der Waals surface area contributed by atoms with E-state index in [1.165, 1.54) is 19.3 Å². The van der Waals surface area contributed by atoms with Gasteiger partial charge in [0.15, 0.2) is 11.8 Å².